The summed E-state index contributed by atoms with van der Waals surface area (Å²) in [6.45, 7) is 6.53. The summed E-state index contributed by atoms with van der Waals surface area (Å²) in [5, 5.41) is 3.34. The Morgan fingerprint density at radius 1 is 1.73 bits per heavy atom. The molecular weight excluding hydrogens is 160 g/mol. The van der Waals surface area contributed by atoms with Gasteiger partial charge in [-0.3, -0.25) is 4.90 Å². The summed E-state index contributed by atoms with van der Waals surface area (Å²) in [7, 11) is 0. The average molecular weight is 175 g/mol. The maximum atomic E-state index is 5.45. The molecule has 0 bridgehead atoms. The van der Waals surface area contributed by atoms with E-state index < -0.39 is 0 Å². The van der Waals surface area contributed by atoms with Crippen LogP contribution in [0, 0.1) is 0 Å². The van der Waals surface area contributed by atoms with E-state index in [1.807, 2.05) is 6.08 Å². The monoisotopic (exact) mass is 174 g/mol. The minimum Gasteiger partial charge on any atom is -0.314 e. The number of nitrogens with zero attached hydrogens (tertiary/aromatic N) is 1. The normalized spacial score (nSPS) is 28.0. The van der Waals surface area contributed by atoms with Crippen LogP contribution >= 0.6 is 11.6 Å². The summed E-state index contributed by atoms with van der Waals surface area (Å²) in [6.07, 6.45) is 1.99. The molecule has 0 saturated carbocycles. The van der Waals surface area contributed by atoms with Crippen molar-refractivity contribution in [1.29, 1.82) is 0 Å². The molecule has 0 radical (unpaired) electrons. The quantitative estimate of drug-likeness (QED) is 0.673. The highest BCUT2D eigenvalue weighted by molar-refractivity contribution is 6.25. The zero-order valence-corrected chi connectivity index (χ0v) is 7.64. The fraction of sp³-hybridized carbons (Fsp3) is 0.750. The summed E-state index contributed by atoms with van der Waals surface area (Å²) >= 11 is 5.45. The number of hydrogen-bond donors (Lipinski definition) is 1. The van der Waals surface area contributed by atoms with E-state index in [2.05, 4.69) is 17.1 Å². The molecule has 0 aromatic carbocycles. The van der Waals surface area contributed by atoms with Crippen LogP contribution in [-0.2, 0) is 0 Å². The molecule has 3 heteroatoms. The van der Waals surface area contributed by atoms with Gasteiger partial charge in [-0.15, -0.1) is 0 Å². The van der Waals surface area contributed by atoms with Crippen LogP contribution < -0.4 is 5.32 Å². The minimum atomic E-state index is 0.636. The number of piperazine rings is 1. The molecule has 1 fully saturated rings. The number of nitrogens with one attached hydrogen (secondary N) is 1. The molecule has 64 valence electrons. The first-order valence-electron chi connectivity index (χ1n) is 4.04. The molecule has 0 aromatic heterocycles. The van der Waals surface area contributed by atoms with Gasteiger partial charge in [-0.2, -0.15) is 0 Å². The van der Waals surface area contributed by atoms with Crippen molar-refractivity contribution in [2.24, 2.45) is 0 Å². The lowest BCUT2D eigenvalue weighted by atomic mass is 10.2. The van der Waals surface area contributed by atoms with E-state index in [1.165, 1.54) is 0 Å². The molecular formula is C8H15ClN2. The highest BCUT2D eigenvalue weighted by atomic mass is 35.5. The van der Waals surface area contributed by atoms with Gasteiger partial charge in [0.25, 0.3) is 0 Å². The van der Waals surface area contributed by atoms with Crippen molar-refractivity contribution in [2.45, 2.75) is 13.0 Å². The lowest BCUT2D eigenvalue weighted by molar-refractivity contribution is 0.193. The molecule has 1 atom stereocenters. The second kappa shape index (κ2) is 4.75. The van der Waals surface area contributed by atoms with Gasteiger partial charge in [0.2, 0.25) is 0 Å². The Kier molecular flexibility index (Phi) is 3.91. The lowest BCUT2D eigenvalue weighted by Gasteiger charge is -2.32. The minimum absolute atomic E-state index is 0.636. The van der Waals surface area contributed by atoms with Gasteiger partial charge >= 0.3 is 0 Å². The third-order valence-corrected chi connectivity index (χ3v) is 2.25. The Morgan fingerprint density at radius 2 is 2.55 bits per heavy atom. The molecule has 0 aliphatic carbocycles. The number of halogens is 1. The number of hydrogen-bond acceptors (Lipinski definition) is 2. The van der Waals surface area contributed by atoms with E-state index in [1.54, 1.807) is 5.54 Å². The topological polar surface area (TPSA) is 15.3 Å². The second-order valence-corrected chi connectivity index (χ2v) is 3.16. The second-order valence-electron chi connectivity index (χ2n) is 2.91. The summed E-state index contributed by atoms with van der Waals surface area (Å²) in [5.41, 5.74) is 1.59. The first kappa shape index (κ1) is 9.04. The standard InChI is InChI=1S/C8H15ClN2/c1-8-7-10-4-6-11(8)5-2-3-9/h2-3,8,10H,4-7H2,1H3/b3-2+/t8-/m1/s1. The Bertz CT molecular complexity index is 136. The van der Waals surface area contributed by atoms with Crippen molar-refractivity contribution in [2.75, 3.05) is 26.2 Å². The van der Waals surface area contributed by atoms with Crippen molar-refractivity contribution in [3.8, 4) is 0 Å². The molecule has 1 aliphatic rings. The van der Waals surface area contributed by atoms with E-state index in [4.69, 9.17) is 11.6 Å². The smallest absolute Gasteiger partial charge is 0.0196 e. The van der Waals surface area contributed by atoms with Crippen LogP contribution in [0.2, 0.25) is 0 Å². The fourth-order valence-electron chi connectivity index (χ4n) is 1.33. The first-order valence-corrected chi connectivity index (χ1v) is 4.48. The van der Waals surface area contributed by atoms with Gasteiger partial charge in [0.15, 0.2) is 0 Å². The molecule has 0 spiro atoms. The van der Waals surface area contributed by atoms with Gasteiger partial charge in [-0.05, 0) is 6.92 Å². The predicted octanol–water partition coefficient (Wildman–Crippen LogP) is 1.03. The predicted molar refractivity (Wildman–Crippen MR) is 48.9 cm³/mol. The third kappa shape index (κ3) is 2.81. The van der Waals surface area contributed by atoms with E-state index >= 15 is 0 Å². The molecule has 1 aliphatic heterocycles. The van der Waals surface area contributed by atoms with Crippen LogP contribution in [0.4, 0.5) is 0 Å². The molecule has 0 unspecified atom stereocenters. The fourth-order valence-corrected chi connectivity index (χ4v) is 1.41. The summed E-state index contributed by atoms with van der Waals surface area (Å²) in [5.74, 6) is 0. The van der Waals surface area contributed by atoms with Crippen LogP contribution in [-0.4, -0.2) is 37.1 Å². The average Bonchev–Trinajstić information content (AvgIpc) is 2.03. The van der Waals surface area contributed by atoms with Gasteiger partial charge < -0.3 is 5.32 Å². The van der Waals surface area contributed by atoms with Gasteiger partial charge in [0.1, 0.15) is 0 Å². The third-order valence-electron chi connectivity index (χ3n) is 2.07. The number of rotatable bonds is 2. The van der Waals surface area contributed by atoms with Gasteiger partial charge in [0, 0.05) is 37.8 Å². The van der Waals surface area contributed by atoms with Gasteiger partial charge in [0.05, 0.1) is 0 Å². The maximum Gasteiger partial charge on any atom is 0.0196 e. The van der Waals surface area contributed by atoms with Crippen molar-refractivity contribution < 1.29 is 0 Å². The Labute approximate surface area is 73.2 Å². The molecule has 1 heterocycles. The maximum absolute atomic E-state index is 5.45. The molecule has 1 N–H and O–H groups in total. The summed E-state index contributed by atoms with van der Waals surface area (Å²) in [6, 6.07) is 0.636. The van der Waals surface area contributed by atoms with Crippen LogP contribution in [0.3, 0.4) is 0 Å². The molecule has 1 saturated heterocycles. The highest BCUT2D eigenvalue weighted by Gasteiger charge is 2.15. The van der Waals surface area contributed by atoms with Crippen molar-refractivity contribution >= 4 is 11.6 Å². The van der Waals surface area contributed by atoms with Gasteiger partial charge in [-0.1, -0.05) is 17.7 Å². The van der Waals surface area contributed by atoms with E-state index in [0.29, 0.717) is 6.04 Å². The van der Waals surface area contributed by atoms with Crippen LogP contribution in [0.25, 0.3) is 0 Å². The van der Waals surface area contributed by atoms with Crippen molar-refractivity contribution in [3.05, 3.63) is 11.6 Å². The Morgan fingerprint density at radius 3 is 3.18 bits per heavy atom. The van der Waals surface area contributed by atoms with E-state index in [9.17, 15) is 0 Å². The van der Waals surface area contributed by atoms with Crippen LogP contribution in [0.15, 0.2) is 11.6 Å². The largest absolute Gasteiger partial charge is 0.314 e. The zero-order valence-electron chi connectivity index (χ0n) is 6.89. The molecule has 11 heavy (non-hydrogen) atoms. The molecule has 0 amide bonds. The summed E-state index contributed by atoms with van der Waals surface area (Å²) in [4.78, 5) is 2.41. The lowest BCUT2D eigenvalue weighted by Crippen LogP contribution is -2.49. The van der Waals surface area contributed by atoms with Crippen molar-refractivity contribution in [1.82, 2.24) is 10.2 Å². The Balaban J connectivity index is 2.29. The van der Waals surface area contributed by atoms with Crippen molar-refractivity contribution in [3.63, 3.8) is 0 Å². The summed E-state index contributed by atoms with van der Waals surface area (Å²) < 4.78 is 0. The van der Waals surface area contributed by atoms with Crippen LogP contribution in [0.5, 0.6) is 0 Å². The van der Waals surface area contributed by atoms with Crippen LogP contribution in [0.1, 0.15) is 6.92 Å². The molecule has 1 rings (SSSR count). The van der Waals surface area contributed by atoms with E-state index in [-0.39, 0.29) is 0 Å². The van der Waals surface area contributed by atoms with E-state index in [0.717, 1.165) is 26.2 Å². The first-order chi connectivity index (χ1) is 5.34. The SMILES string of the molecule is C[C@@H]1CNCCN1C/C=C/Cl. The zero-order chi connectivity index (χ0) is 8.10. The molecule has 2 nitrogen and oxygen atoms in total. The Hall–Kier alpha value is -0.0500. The highest BCUT2D eigenvalue weighted by Crippen LogP contribution is 2.01. The van der Waals surface area contributed by atoms with Gasteiger partial charge in [-0.25, -0.2) is 0 Å². The molecule has 0 aromatic rings.